The molecule has 0 bridgehead atoms. The largest absolute Gasteiger partial charge is 0.355 e. The molecule has 0 aromatic carbocycles. The Hall–Kier alpha value is -5.25. The summed E-state index contributed by atoms with van der Waals surface area (Å²) in [6.07, 6.45) is 11.2. The Labute approximate surface area is 502 Å². The van der Waals surface area contributed by atoms with Gasteiger partial charge in [0.2, 0.25) is 41.4 Å². The first kappa shape index (κ1) is 75.8. The minimum absolute atomic E-state index is 0.0593. The van der Waals surface area contributed by atoms with Crippen LogP contribution in [0.4, 0.5) is 0 Å². The molecule has 0 saturated heterocycles. The third kappa shape index (κ3) is 36.9. The van der Waals surface area contributed by atoms with Crippen LogP contribution in [0.2, 0.25) is 0 Å². The van der Waals surface area contributed by atoms with Crippen LogP contribution in [-0.2, 0) is 43.2 Å². The van der Waals surface area contributed by atoms with Gasteiger partial charge in [-0.2, -0.15) is 0 Å². The van der Waals surface area contributed by atoms with Crippen LogP contribution in [-0.4, -0.2) is 260 Å². The lowest BCUT2D eigenvalue weighted by Gasteiger charge is -2.27. The molecule has 83 heavy (non-hydrogen) atoms. The highest BCUT2D eigenvalue weighted by Crippen LogP contribution is 2.34. The number of amides is 8. The molecular weight excluding hydrogens is 1100 g/mol. The Balaban J connectivity index is 3.16. The van der Waals surface area contributed by atoms with Gasteiger partial charge in [0.25, 0.3) is 5.91 Å². The van der Waals surface area contributed by atoms with E-state index in [4.69, 9.17) is 0 Å². The number of aromatic nitrogens is 1. The van der Waals surface area contributed by atoms with Crippen LogP contribution >= 0.6 is 21.6 Å². The number of carbonyl (C=O) groups is 10. The third-order valence-electron chi connectivity index (χ3n) is 12.8. The molecule has 0 aliphatic rings. The predicted octanol–water partition coefficient (Wildman–Crippen LogP) is 1.39. The Bertz CT molecular complexity index is 2060. The molecule has 1 aromatic rings. The summed E-state index contributed by atoms with van der Waals surface area (Å²) in [4.78, 5) is 145. The number of nitrogens with one attached hydrogen (secondary N) is 7. The summed E-state index contributed by atoms with van der Waals surface area (Å²) in [6.45, 7) is 4.67. The molecular formula is C57H102N14O10S2. The summed E-state index contributed by atoms with van der Waals surface area (Å²) in [5, 5.41) is 20.4. The highest BCUT2D eigenvalue weighted by atomic mass is 33.1. The van der Waals surface area contributed by atoms with Crippen molar-refractivity contribution in [3.8, 4) is 0 Å². The van der Waals surface area contributed by atoms with E-state index >= 15 is 0 Å². The van der Waals surface area contributed by atoms with Gasteiger partial charge in [0.05, 0.1) is 31.7 Å². The van der Waals surface area contributed by atoms with E-state index in [0.717, 1.165) is 19.4 Å². The van der Waals surface area contributed by atoms with Gasteiger partial charge in [0, 0.05) is 88.6 Å². The van der Waals surface area contributed by atoms with E-state index in [1.807, 2.05) is 40.1 Å². The maximum Gasteiger partial charge on any atom is 0.256 e. The van der Waals surface area contributed by atoms with Gasteiger partial charge in [-0.25, -0.2) is 0 Å². The third-order valence-corrected chi connectivity index (χ3v) is 15.3. The molecule has 26 heteroatoms. The summed E-state index contributed by atoms with van der Waals surface area (Å²) in [6, 6.07) is -0.708. The standard InChI is InChI=1S/C57H102N14O10S2/c1-43(72)37-48(56(80)63-30-20-28-58-2)70(11)53(77)26-16-13-19-36-82-83-49-27-33-59-38-45(49)57(81)71(34-21-31-61-54(78)46(64-51(75)41-68(7)8)24-15-12-14-23-44(73)39-66(3)4)35-22-32-62-55(79)47(65-52(76)42-69(9)10)25-17-18-29-60-50(74)40-67(5)6/h27,33,38,46-48,58H,12-26,28-32,34-37,39-42H2,1-11H3,(H,60,74)(H,61,78)(H,62,79)(H,63,80)(H,64,75)(H,65,76)/t46-,47-,48-/m0/s1. The summed E-state index contributed by atoms with van der Waals surface area (Å²) in [7, 11) is 20.8. The van der Waals surface area contributed by atoms with Crippen molar-refractivity contribution in [2.24, 2.45) is 0 Å². The second-order valence-electron chi connectivity index (χ2n) is 22.0. The number of carbonyl (C=O) groups excluding carboxylic acids is 10. The van der Waals surface area contributed by atoms with Crippen molar-refractivity contribution in [2.45, 2.75) is 133 Å². The molecule has 0 aliphatic carbocycles. The SMILES string of the molecule is CNCCCNC(=O)[C@H](CC(C)=O)N(C)C(=O)CCCCCSSc1ccncc1C(=O)N(CCCNC(=O)[C@H](CCCCCC(=O)CN(C)C)NC(=O)CN(C)C)CCCNC(=O)[C@H](CCCCNC(=O)CN(C)C)NC(=O)CN(C)C. The zero-order valence-corrected chi connectivity index (χ0v) is 53.4. The van der Waals surface area contributed by atoms with E-state index in [1.165, 1.54) is 28.8 Å². The van der Waals surface area contributed by atoms with Crippen LogP contribution in [0.5, 0.6) is 0 Å². The molecule has 3 atom stereocenters. The van der Waals surface area contributed by atoms with Gasteiger partial charge in [0.1, 0.15) is 29.7 Å². The summed E-state index contributed by atoms with van der Waals surface area (Å²) < 4.78 is 0. The summed E-state index contributed by atoms with van der Waals surface area (Å²) in [5.74, 6) is -1.58. The smallest absolute Gasteiger partial charge is 0.256 e. The topological polar surface area (TPSA) is 287 Å². The van der Waals surface area contributed by atoms with Crippen LogP contribution in [0, 0.1) is 0 Å². The molecule has 1 heterocycles. The molecule has 0 fully saturated rings. The first-order valence-electron chi connectivity index (χ1n) is 29.2. The van der Waals surface area contributed by atoms with E-state index in [0.29, 0.717) is 113 Å². The molecule has 1 rings (SSSR count). The van der Waals surface area contributed by atoms with Crippen LogP contribution in [0.15, 0.2) is 23.4 Å². The van der Waals surface area contributed by atoms with E-state index in [2.05, 4.69) is 42.2 Å². The van der Waals surface area contributed by atoms with E-state index in [1.54, 1.807) is 77.9 Å². The zero-order chi connectivity index (χ0) is 62.1. The summed E-state index contributed by atoms with van der Waals surface area (Å²) in [5.41, 5.74) is 0.381. The van der Waals surface area contributed by atoms with Gasteiger partial charge < -0.3 is 66.6 Å². The van der Waals surface area contributed by atoms with E-state index in [-0.39, 0.29) is 117 Å². The van der Waals surface area contributed by atoms with Crippen LogP contribution in [0.25, 0.3) is 0 Å². The van der Waals surface area contributed by atoms with Gasteiger partial charge in [-0.05, 0) is 147 Å². The molecule has 0 unspecified atom stereocenters. The molecule has 8 amide bonds. The monoisotopic (exact) mass is 1210 g/mol. The van der Waals surface area contributed by atoms with Gasteiger partial charge >= 0.3 is 0 Å². The molecule has 472 valence electrons. The zero-order valence-electron chi connectivity index (χ0n) is 51.8. The summed E-state index contributed by atoms with van der Waals surface area (Å²) >= 11 is 0. The number of hydrogen-bond acceptors (Lipinski definition) is 18. The highest BCUT2D eigenvalue weighted by Gasteiger charge is 2.28. The second-order valence-corrected chi connectivity index (χ2v) is 24.5. The number of rotatable bonds is 48. The van der Waals surface area contributed by atoms with Crippen molar-refractivity contribution in [2.75, 3.05) is 148 Å². The van der Waals surface area contributed by atoms with Crippen molar-refractivity contribution in [3.63, 3.8) is 0 Å². The lowest BCUT2D eigenvalue weighted by molar-refractivity contribution is -0.140. The molecule has 0 aliphatic heterocycles. The molecule has 7 N–H and O–H groups in total. The van der Waals surface area contributed by atoms with Gasteiger partial charge in [-0.3, -0.25) is 52.9 Å². The minimum atomic E-state index is -0.874. The minimum Gasteiger partial charge on any atom is -0.355 e. The first-order valence-corrected chi connectivity index (χ1v) is 31.5. The lowest BCUT2D eigenvalue weighted by atomic mass is 10.0. The van der Waals surface area contributed by atoms with Gasteiger partial charge in [-0.15, -0.1) is 0 Å². The number of hydrogen-bond donors (Lipinski definition) is 7. The normalized spacial score (nSPS) is 12.4. The first-order chi connectivity index (χ1) is 39.4. The lowest BCUT2D eigenvalue weighted by Crippen LogP contribution is -2.49. The van der Waals surface area contributed by atoms with Crippen LogP contribution < -0.4 is 37.2 Å². The fourth-order valence-corrected chi connectivity index (χ4v) is 10.9. The van der Waals surface area contributed by atoms with Crippen molar-refractivity contribution in [3.05, 3.63) is 24.0 Å². The van der Waals surface area contributed by atoms with Crippen molar-refractivity contribution >= 4 is 80.4 Å². The molecule has 0 radical (unpaired) electrons. The number of nitrogens with zero attached hydrogens (tertiary/aromatic N) is 7. The molecule has 0 spiro atoms. The number of likely N-dealkylation sites (N-methyl/N-ethyl adjacent to an activating group) is 5. The Morgan fingerprint density at radius 1 is 0.542 bits per heavy atom. The quantitative estimate of drug-likeness (QED) is 0.0359. The average Bonchev–Trinajstić information content (AvgIpc) is 3.49. The maximum atomic E-state index is 14.6. The van der Waals surface area contributed by atoms with Crippen LogP contribution in [0.3, 0.4) is 0 Å². The highest BCUT2D eigenvalue weighted by molar-refractivity contribution is 8.76. The average molecular weight is 1210 g/mol. The van der Waals surface area contributed by atoms with Crippen molar-refractivity contribution in [1.29, 1.82) is 0 Å². The van der Waals surface area contributed by atoms with Gasteiger partial charge in [-0.1, -0.05) is 40.9 Å². The van der Waals surface area contributed by atoms with Gasteiger partial charge in [0.15, 0.2) is 0 Å². The second kappa shape index (κ2) is 45.2. The number of ketones is 2. The Morgan fingerprint density at radius 3 is 1.60 bits per heavy atom. The van der Waals surface area contributed by atoms with Crippen LogP contribution in [0.1, 0.15) is 120 Å². The fourth-order valence-electron chi connectivity index (χ4n) is 8.57. The van der Waals surface area contributed by atoms with Crippen molar-refractivity contribution in [1.82, 2.24) is 71.6 Å². The predicted molar refractivity (Wildman–Crippen MR) is 329 cm³/mol. The van der Waals surface area contributed by atoms with E-state index in [9.17, 15) is 47.9 Å². The van der Waals surface area contributed by atoms with E-state index < -0.39 is 18.1 Å². The molecule has 0 saturated carbocycles. The maximum absolute atomic E-state index is 14.6. The molecule has 24 nitrogen and oxygen atoms in total. The number of Topliss-reactive ketones (excluding diaryl/α,β-unsaturated/α-hetero) is 2. The molecule has 1 aromatic heterocycles. The Kier molecular flexibility index (Phi) is 41.2. The number of pyridine rings is 1. The fraction of sp³-hybridized carbons (Fsp3) is 0.737. The van der Waals surface area contributed by atoms with Crippen molar-refractivity contribution < 1.29 is 47.9 Å². The number of unbranched alkanes of at least 4 members (excludes halogenated alkanes) is 5. The Morgan fingerprint density at radius 2 is 1.05 bits per heavy atom.